The summed E-state index contributed by atoms with van der Waals surface area (Å²) in [7, 11) is 0. The Morgan fingerprint density at radius 1 is 1.00 bits per heavy atom. The molecule has 3 fully saturated rings. The van der Waals surface area contributed by atoms with Crippen molar-refractivity contribution < 1.29 is 9.21 Å². The van der Waals surface area contributed by atoms with Crippen LogP contribution in [0.5, 0.6) is 0 Å². The van der Waals surface area contributed by atoms with Crippen molar-refractivity contribution in [3.05, 3.63) is 11.8 Å². The second-order valence-electron chi connectivity index (χ2n) is 8.28. The molecule has 6 nitrogen and oxygen atoms in total. The summed E-state index contributed by atoms with van der Waals surface area (Å²) in [5, 5.41) is 8.22. The predicted octanol–water partition coefficient (Wildman–Crippen LogP) is 3.03. The molecular formula is C20H32N4O2. The van der Waals surface area contributed by atoms with Gasteiger partial charge in [0.05, 0.1) is 6.54 Å². The molecule has 2 aliphatic heterocycles. The van der Waals surface area contributed by atoms with Crippen molar-refractivity contribution in [1.82, 2.24) is 20.0 Å². The van der Waals surface area contributed by atoms with Gasteiger partial charge in [0.15, 0.2) is 0 Å². The van der Waals surface area contributed by atoms with Gasteiger partial charge in [-0.25, -0.2) is 0 Å². The minimum atomic E-state index is 0.348. The van der Waals surface area contributed by atoms with Gasteiger partial charge in [0.2, 0.25) is 17.7 Å². The lowest BCUT2D eigenvalue weighted by Crippen LogP contribution is -2.48. The van der Waals surface area contributed by atoms with Crippen LogP contribution >= 0.6 is 0 Å². The summed E-state index contributed by atoms with van der Waals surface area (Å²) in [5.41, 5.74) is 0. The summed E-state index contributed by atoms with van der Waals surface area (Å²) in [6.45, 7) is 5.91. The molecule has 3 aliphatic rings. The van der Waals surface area contributed by atoms with E-state index in [0.717, 1.165) is 57.2 Å². The van der Waals surface area contributed by atoms with E-state index in [-0.39, 0.29) is 0 Å². The van der Waals surface area contributed by atoms with E-state index < -0.39 is 0 Å². The molecule has 3 heterocycles. The van der Waals surface area contributed by atoms with E-state index in [1.54, 1.807) is 0 Å². The van der Waals surface area contributed by atoms with Crippen molar-refractivity contribution in [3.8, 4) is 0 Å². The average molecular weight is 361 g/mol. The zero-order chi connectivity index (χ0) is 17.9. The third-order valence-electron chi connectivity index (χ3n) is 6.36. The Bertz CT molecular complexity index is 605. The van der Waals surface area contributed by atoms with Crippen LogP contribution in [0.1, 0.15) is 70.1 Å². The van der Waals surface area contributed by atoms with Gasteiger partial charge in [-0.05, 0) is 57.5 Å². The molecule has 1 aromatic heterocycles. The number of aryl methyl sites for hydroxylation is 1. The van der Waals surface area contributed by atoms with Gasteiger partial charge < -0.3 is 9.32 Å². The molecule has 1 saturated carbocycles. The molecule has 26 heavy (non-hydrogen) atoms. The molecule has 2 saturated heterocycles. The quantitative estimate of drug-likeness (QED) is 0.808. The first kappa shape index (κ1) is 18.0. The molecule has 144 valence electrons. The molecular weight excluding hydrogens is 328 g/mol. The second kappa shape index (κ2) is 8.07. The number of carbonyl (C=O) groups is 1. The number of hydrogen-bond donors (Lipinski definition) is 0. The van der Waals surface area contributed by atoms with E-state index in [1.807, 2.05) is 6.92 Å². The third kappa shape index (κ3) is 4.11. The number of hydrogen-bond acceptors (Lipinski definition) is 5. The first-order valence-electron chi connectivity index (χ1n) is 10.6. The van der Waals surface area contributed by atoms with Gasteiger partial charge in [-0.15, -0.1) is 10.2 Å². The fourth-order valence-corrected chi connectivity index (χ4v) is 4.64. The van der Waals surface area contributed by atoms with E-state index in [0.29, 0.717) is 23.8 Å². The number of amides is 1. The maximum Gasteiger partial charge on any atom is 0.230 e. The SMILES string of the molecule is CCc1nnc(CN2CCC(C3CCCCCN3C(=O)C3CC3)CC2)o1. The van der Waals surface area contributed by atoms with Crippen molar-refractivity contribution in [2.24, 2.45) is 11.8 Å². The molecule has 0 spiro atoms. The number of nitrogens with zero attached hydrogens (tertiary/aromatic N) is 4. The Hall–Kier alpha value is -1.43. The monoisotopic (exact) mass is 360 g/mol. The Kier molecular flexibility index (Phi) is 5.57. The first-order chi connectivity index (χ1) is 12.7. The van der Waals surface area contributed by atoms with E-state index >= 15 is 0 Å². The molecule has 0 bridgehead atoms. The Labute approximate surface area is 156 Å². The van der Waals surface area contributed by atoms with Gasteiger partial charge in [-0.1, -0.05) is 19.8 Å². The Morgan fingerprint density at radius 3 is 2.46 bits per heavy atom. The fraction of sp³-hybridized carbons (Fsp3) is 0.850. The van der Waals surface area contributed by atoms with E-state index in [4.69, 9.17) is 4.42 Å². The second-order valence-corrected chi connectivity index (χ2v) is 8.28. The highest BCUT2D eigenvalue weighted by molar-refractivity contribution is 5.81. The minimum absolute atomic E-state index is 0.348. The third-order valence-corrected chi connectivity index (χ3v) is 6.36. The average Bonchev–Trinajstić information content (AvgIpc) is 3.46. The van der Waals surface area contributed by atoms with E-state index in [9.17, 15) is 4.79 Å². The lowest BCUT2D eigenvalue weighted by molar-refractivity contribution is -0.136. The largest absolute Gasteiger partial charge is 0.424 e. The summed E-state index contributed by atoms with van der Waals surface area (Å²) >= 11 is 0. The maximum atomic E-state index is 12.8. The van der Waals surface area contributed by atoms with Crippen molar-refractivity contribution >= 4 is 5.91 Å². The minimum Gasteiger partial charge on any atom is -0.424 e. The van der Waals surface area contributed by atoms with Gasteiger partial charge in [-0.2, -0.15) is 0 Å². The molecule has 6 heteroatoms. The van der Waals surface area contributed by atoms with E-state index in [1.165, 1.54) is 38.5 Å². The van der Waals surface area contributed by atoms with Crippen LogP contribution < -0.4 is 0 Å². The normalized spacial score (nSPS) is 26.0. The smallest absolute Gasteiger partial charge is 0.230 e. The predicted molar refractivity (Wildman–Crippen MR) is 98.4 cm³/mol. The molecule has 1 unspecified atom stereocenters. The van der Waals surface area contributed by atoms with Crippen molar-refractivity contribution in [2.75, 3.05) is 19.6 Å². The zero-order valence-corrected chi connectivity index (χ0v) is 16.0. The van der Waals surface area contributed by atoms with Crippen LogP contribution in [-0.4, -0.2) is 51.6 Å². The van der Waals surface area contributed by atoms with Crippen LogP contribution in [0.3, 0.4) is 0 Å². The number of piperidine rings is 1. The lowest BCUT2D eigenvalue weighted by atomic mass is 9.86. The highest BCUT2D eigenvalue weighted by atomic mass is 16.4. The number of likely N-dealkylation sites (tertiary alicyclic amines) is 2. The molecule has 0 aromatic carbocycles. The topological polar surface area (TPSA) is 62.5 Å². The summed E-state index contributed by atoms with van der Waals surface area (Å²) in [6, 6.07) is 0.475. The van der Waals surface area contributed by atoms with Crippen LogP contribution in [0.15, 0.2) is 4.42 Å². The Balaban J connectivity index is 1.33. The summed E-state index contributed by atoms with van der Waals surface area (Å²) in [5.74, 6) is 2.92. The van der Waals surface area contributed by atoms with Crippen LogP contribution in [0.25, 0.3) is 0 Å². The molecule has 1 atom stereocenters. The highest BCUT2D eigenvalue weighted by Crippen LogP contribution is 2.36. The Morgan fingerprint density at radius 2 is 1.77 bits per heavy atom. The summed E-state index contributed by atoms with van der Waals surface area (Å²) < 4.78 is 5.66. The summed E-state index contributed by atoms with van der Waals surface area (Å²) in [6.07, 6.45) is 10.3. The lowest BCUT2D eigenvalue weighted by Gasteiger charge is -2.40. The zero-order valence-electron chi connectivity index (χ0n) is 16.0. The number of rotatable bonds is 5. The standard InChI is InChI=1S/C20H32N4O2/c1-2-18-21-22-19(26-18)14-23-12-9-15(10-13-23)17-6-4-3-5-11-24(17)20(25)16-7-8-16/h15-17H,2-14H2,1H3. The van der Waals surface area contributed by atoms with Crippen molar-refractivity contribution in [1.29, 1.82) is 0 Å². The van der Waals surface area contributed by atoms with Crippen LogP contribution in [0.4, 0.5) is 0 Å². The van der Waals surface area contributed by atoms with E-state index in [2.05, 4.69) is 20.0 Å². The molecule has 1 aromatic rings. The molecule has 1 aliphatic carbocycles. The van der Waals surface area contributed by atoms with Crippen LogP contribution in [-0.2, 0) is 17.8 Å². The highest BCUT2D eigenvalue weighted by Gasteiger charge is 2.39. The summed E-state index contributed by atoms with van der Waals surface area (Å²) in [4.78, 5) is 17.5. The van der Waals surface area contributed by atoms with Crippen molar-refractivity contribution in [3.63, 3.8) is 0 Å². The van der Waals surface area contributed by atoms with Crippen molar-refractivity contribution in [2.45, 2.75) is 77.3 Å². The molecule has 1 amide bonds. The van der Waals surface area contributed by atoms with Gasteiger partial charge in [0.1, 0.15) is 0 Å². The number of aromatic nitrogens is 2. The van der Waals surface area contributed by atoms with Gasteiger partial charge in [0, 0.05) is 24.9 Å². The van der Waals surface area contributed by atoms with Crippen LogP contribution in [0.2, 0.25) is 0 Å². The number of carbonyl (C=O) groups excluding carboxylic acids is 1. The molecule has 4 rings (SSSR count). The fourth-order valence-electron chi connectivity index (χ4n) is 4.64. The molecule has 0 radical (unpaired) electrons. The van der Waals surface area contributed by atoms with Gasteiger partial charge in [0.25, 0.3) is 0 Å². The van der Waals surface area contributed by atoms with Gasteiger partial charge >= 0.3 is 0 Å². The molecule has 0 N–H and O–H groups in total. The van der Waals surface area contributed by atoms with Gasteiger partial charge in [-0.3, -0.25) is 9.69 Å². The first-order valence-corrected chi connectivity index (χ1v) is 10.6. The maximum absolute atomic E-state index is 12.8. The van der Waals surface area contributed by atoms with Crippen LogP contribution in [0, 0.1) is 11.8 Å².